The van der Waals surface area contributed by atoms with Gasteiger partial charge in [-0.3, -0.25) is 13.9 Å². The zero-order valence-corrected chi connectivity index (χ0v) is 23.4. The standard InChI is InChI=1S/C31H42N6O2/c1-3-5-10-21-37-30(38)28-29(36(31(37)39)20-11-9-12-24-15-17-26(32)18-16-24)34-27(35(28)22-19-33-4-2)23-25-13-7-6-8-14-25/h6-8,13-18,33H,3-5,9-12,19-23,32H2,1-2H3. The van der Waals surface area contributed by atoms with Crippen LogP contribution in [0.3, 0.4) is 0 Å². The van der Waals surface area contributed by atoms with Gasteiger partial charge >= 0.3 is 5.69 Å². The monoisotopic (exact) mass is 530 g/mol. The van der Waals surface area contributed by atoms with Crippen molar-refractivity contribution in [2.24, 2.45) is 0 Å². The Morgan fingerprint density at radius 1 is 0.795 bits per heavy atom. The molecule has 0 saturated heterocycles. The number of aryl methyl sites for hydroxylation is 2. The molecule has 208 valence electrons. The molecule has 2 aromatic heterocycles. The van der Waals surface area contributed by atoms with E-state index < -0.39 is 0 Å². The van der Waals surface area contributed by atoms with Crippen LogP contribution in [0.25, 0.3) is 11.2 Å². The third kappa shape index (κ3) is 7.06. The van der Waals surface area contributed by atoms with Crippen LogP contribution in [0.1, 0.15) is 62.9 Å². The molecule has 2 heterocycles. The van der Waals surface area contributed by atoms with Crippen LogP contribution >= 0.6 is 0 Å². The predicted molar refractivity (Wildman–Crippen MR) is 159 cm³/mol. The van der Waals surface area contributed by atoms with E-state index in [2.05, 4.69) is 43.4 Å². The Balaban J connectivity index is 1.72. The number of nitrogen functional groups attached to an aromatic ring is 1. The lowest BCUT2D eigenvalue weighted by molar-refractivity contribution is 0.515. The lowest BCUT2D eigenvalue weighted by Crippen LogP contribution is -2.41. The fraction of sp³-hybridized carbons (Fsp3) is 0.452. The van der Waals surface area contributed by atoms with Crippen LogP contribution in [-0.4, -0.2) is 31.8 Å². The number of unbranched alkanes of at least 4 members (excludes halogenated alkanes) is 3. The van der Waals surface area contributed by atoms with Gasteiger partial charge in [-0.25, -0.2) is 9.78 Å². The molecule has 4 aromatic rings. The van der Waals surface area contributed by atoms with Gasteiger partial charge in [0.05, 0.1) is 0 Å². The Morgan fingerprint density at radius 3 is 2.23 bits per heavy atom. The maximum atomic E-state index is 13.8. The highest BCUT2D eigenvalue weighted by molar-refractivity contribution is 5.71. The summed E-state index contributed by atoms with van der Waals surface area (Å²) in [6, 6.07) is 18.1. The summed E-state index contributed by atoms with van der Waals surface area (Å²) in [7, 11) is 0. The summed E-state index contributed by atoms with van der Waals surface area (Å²) in [5.41, 5.74) is 9.49. The molecule has 2 aromatic carbocycles. The lowest BCUT2D eigenvalue weighted by atomic mass is 10.1. The van der Waals surface area contributed by atoms with E-state index in [1.54, 1.807) is 4.57 Å². The van der Waals surface area contributed by atoms with E-state index in [0.29, 0.717) is 37.2 Å². The van der Waals surface area contributed by atoms with Crippen LogP contribution in [0, 0.1) is 0 Å². The van der Waals surface area contributed by atoms with Crippen molar-refractivity contribution >= 4 is 16.9 Å². The van der Waals surface area contributed by atoms with Crippen molar-refractivity contribution in [1.29, 1.82) is 0 Å². The summed E-state index contributed by atoms with van der Waals surface area (Å²) in [5, 5.41) is 3.37. The molecule has 8 nitrogen and oxygen atoms in total. The maximum Gasteiger partial charge on any atom is 0.332 e. The number of aromatic nitrogens is 4. The normalized spacial score (nSPS) is 11.4. The number of nitrogens with zero attached hydrogens (tertiary/aromatic N) is 4. The van der Waals surface area contributed by atoms with Crippen molar-refractivity contribution < 1.29 is 0 Å². The van der Waals surface area contributed by atoms with Gasteiger partial charge in [0.2, 0.25) is 0 Å². The highest BCUT2D eigenvalue weighted by Gasteiger charge is 2.21. The summed E-state index contributed by atoms with van der Waals surface area (Å²) in [6.07, 6.45) is 6.04. The van der Waals surface area contributed by atoms with E-state index in [-0.39, 0.29) is 11.2 Å². The van der Waals surface area contributed by atoms with Crippen molar-refractivity contribution in [2.75, 3.05) is 18.8 Å². The Morgan fingerprint density at radius 2 is 1.51 bits per heavy atom. The van der Waals surface area contributed by atoms with E-state index in [1.165, 1.54) is 10.1 Å². The molecule has 39 heavy (non-hydrogen) atoms. The molecule has 8 heteroatoms. The second-order valence-electron chi connectivity index (χ2n) is 10.2. The minimum atomic E-state index is -0.251. The average Bonchev–Trinajstić information content (AvgIpc) is 3.29. The van der Waals surface area contributed by atoms with Gasteiger partial charge in [0.25, 0.3) is 5.56 Å². The predicted octanol–water partition coefficient (Wildman–Crippen LogP) is 4.36. The molecule has 0 radical (unpaired) electrons. The number of likely N-dealkylation sites (N-methyl/N-ethyl adjacent to an activating group) is 1. The molecule has 0 atom stereocenters. The van der Waals surface area contributed by atoms with Gasteiger partial charge in [-0.1, -0.05) is 69.2 Å². The van der Waals surface area contributed by atoms with Crippen LogP contribution in [0.2, 0.25) is 0 Å². The highest BCUT2D eigenvalue weighted by Crippen LogP contribution is 2.17. The van der Waals surface area contributed by atoms with E-state index in [0.717, 1.165) is 68.7 Å². The van der Waals surface area contributed by atoms with Gasteiger partial charge in [0, 0.05) is 38.3 Å². The Labute approximate surface area is 230 Å². The third-order valence-corrected chi connectivity index (χ3v) is 7.22. The first-order chi connectivity index (χ1) is 19.0. The van der Waals surface area contributed by atoms with Crippen molar-refractivity contribution in [3.05, 3.63) is 92.4 Å². The molecule has 0 fully saturated rings. The summed E-state index contributed by atoms with van der Waals surface area (Å²) in [6.45, 7) is 7.33. The first-order valence-corrected chi connectivity index (χ1v) is 14.3. The molecule has 0 spiro atoms. The van der Waals surface area contributed by atoms with Crippen molar-refractivity contribution in [3.8, 4) is 0 Å². The topological polar surface area (TPSA) is 99.9 Å². The van der Waals surface area contributed by atoms with Gasteiger partial charge in [-0.2, -0.15) is 0 Å². The van der Waals surface area contributed by atoms with Crippen LogP contribution in [0.15, 0.2) is 64.2 Å². The summed E-state index contributed by atoms with van der Waals surface area (Å²) in [4.78, 5) is 32.5. The summed E-state index contributed by atoms with van der Waals surface area (Å²) in [5.74, 6) is 0.813. The quantitative estimate of drug-likeness (QED) is 0.176. The number of nitrogens with two attached hydrogens (primary N) is 1. The molecule has 4 rings (SSSR count). The van der Waals surface area contributed by atoms with Gasteiger partial charge in [-0.15, -0.1) is 0 Å². The first-order valence-electron chi connectivity index (χ1n) is 14.3. The summed E-state index contributed by atoms with van der Waals surface area (Å²) < 4.78 is 5.22. The van der Waals surface area contributed by atoms with Crippen LogP contribution in [0.4, 0.5) is 5.69 Å². The minimum Gasteiger partial charge on any atom is -0.399 e. The molecule has 0 aliphatic rings. The number of imidazole rings is 1. The molecule has 0 aliphatic carbocycles. The number of fused-ring (bicyclic) bond motifs is 1. The minimum absolute atomic E-state index is 0.229. The smallest absolute Gasteiger partial charge is 0.332 e. The Kier molecular flexibility index (Phi) is 10.1. The number of anilines is 1. The number of hydrogen-bond donors (Lipinski definition) is 2. The van der Waals surface area contributed by atoms with Gasteiger partial charge in [0.1, 0.15) is 5.82 Å². The van der Waals surface area contributed by atoms with Gasteiger partial charge in [0.15, 0.2) is 11.2 Å². The van der Waals surface area contributed by atoms with Crippen molar-refractivity contribution in [1.82, 2.24) is 24.0 Å². The number of benzene rings is 2. The molecular weight excluding hydrogens is 488 g/mol. The third-order valence-electron chi connectivity index (χ3n) is 7.22. The molecule has 3 N–H and O–H groups in total. The number of nitrogens with one attached hydrogen (secondary N) is 1. The maximum absolute atomic E-state index is 13.8. The van der Waals surface area contributed by atoms with Crippen LogP contribution in [0.5, 0.6) is 0 Å². The van der Waals surface area contributed by atoms with Crippen molar-refractivity contribution in [2.45, 2.75) is 78.4 Å². The van der Waals surface area contributed by atoms with E-state index in [9.17, 15) is 9.59 Å². The van der Waals surface area contributed by atoms with Crippen molar-refractivity contribution in [3.63, 3.8) is 0 Å². The second-order valence-corrected chi connectivity index (χ2v) is 10.2. The fourth-order valence-electron chi connectivity index (χ4n) is 5.06. The highest BCUT2D eigenvalue weighted by atomic mass is 16.2. The molecule has 0 bridgehead atoms. The van der Waals surface area contributed by atoms with Crippen LogP contribution < -0.4 is 22.3 Å². The molecule has 0 aliphatic heterocycles. The van der Waals surface area contributed by atoms with E-state index >= 15 is 0 Å². The SMILES string of the molecule is CCCCCn1c(=O)c2c(nc(Cc3ccccc3)n2CCNCC)n(CCCCc2ccc(N)cc2)c1=O. The fourth-order valence-corrected chi connectivity index (χ4v) is 5.06. The number of hydrogen-bond acceptors (Lipinski definition) is 5. The van der Waals surface area contributed by atoms with Gasteiger partial charge < -0.3 is 15.6 Å². The first kappa shape index (κ1) is 28.4. The second kappa shape index (κ2) is 13.9. The Hall–Kier alpha value is -3.65. The molecule has 0 saturated carbocycles. The Bertz CT molecular complexity index is 1450. The molecular formula is C31H42N6O2. The number of rotatable bonds is 15. The average molecular weight is 531 g/mol. The molecule has 0 amide bonds. The zero-order valence-electron chi connectivity index (χ0n) is 23.4. The largest absolute Gasteiger partial charge is 0.399 e. The summed E-state index contributed by atoms with van der Waals surface area (Å²) >= 11 is 0. The van der Waals surface area contributed by atoms with Crippen LogP contribution in [-0.2, 0) is 32.5 Å². The van der Waals surface area contributed by atoms with E-state index in [1.807, 2.05) is 34.9 Å². The zero-order chi connectivity index (χ0) is 27.6. The molecule has 0 unspecified atom stereocenters. The van der Waals surface area contributed by atoms with E-state index in [4.69, 9.17) is 10.7 Å². The lowest BCUT2D eigenvalue weighted by Gasteiger charge is -2.13. The van der Waals surface area contributed by atoms with Gasteiger partial charge in [-0.05, 0) is 55.5 Å².